The molecular formula is C64H56F2N6O8. The fourth-order valence-corrected chi connectivity index (χ4v) is 10.3. The molecule has 4 heterocycles. The van der Waals surface area contributed by atoms with Crippen LogP contribution in [-0.2, 0) is 32.5 Å². The highest BCUT2D eigenvalue weighted by molar-refractivity contribution is 6.17. The zero-order valence-corrected chi connectivity index (χ0v) is 44.8. The van der Waals surface area contributed by atoms with Gasteiger partial charge in [0.2, 0.25) is 0 Å². The first kappa shape index (κ1) is 53.7. The van der Waals surface area contributed by atoms with Gasteiger partial charge < -0.3 is 39.3 Å². The SMILES string of the molecule is CN(C)C(=O)c1c2c(c(O)c3ncc(Cc4ccc(F)cc4)cc13)C(=O)NC2.COc1ccc(CN2Cc3c(c(OC(c4ccccc4)c4ccccc4)c4ncc(Cc5ccc(F)cc5)cc4c3C(=O)N(C)C)C2=O)c(OC)c1. The molecular weight excluding hydrogens is 1020 g/mol. The molecule has 80 heavy (non-hydrogen) atoms. The molecule has 2 aliphatic heterocycles. The van der Waals surface area contributed by atoms with Crippen LogP contribution in [0, 0.1) is 11.6 Å². The number of hydrogen-bond acceptors (Lipinski definition) is 10. The minimum atomic E-state index is -0.589. The van der Waals surface area contributed by atoms with Crippen LogP contribution in [-0.4, -0.2) is 95.8 Å². The summed E-state index contributed by atoms with van der Waals surface area (Å²) in [6.07, 6.45) is 3.69. The maximum atomic E-state index is 14.7. The third-order valence-electron chi connectivity index (χ3n) is 14.2. The summed E-state index contributed by atoms with van der Waals surface area (Å²) in [5, 5.41) is 14.3. The molecule has 2 N–H and O–H groups in total. The van der Waals surface area contributed by atoms with E-state index in [9.17, 15) is 33.1 Å². The number of halogens is 2. The van der Waals surface area contributed by atoms with Crippen molar-refractivity contribution in [3.05, 3.63) is 236 Å². The molecule has 9 aromatic rings. The third-order valence-corrected chi connectivity index (χ3v) is 14.2. The van der Waals surface area contributed by atoms with Crippen LogP contribution < -0.4 is 19.5 Å². The Morgan fingerprint density at radius 1 is 0.650 bits per heavy atom. The quantitative estimate of drug-likeness (QED) is 0.107. The molecule has 2 aromatic heterocycles. The van der Waals surface area contributed by atoms with Gasteiger partial charge in [-0.2, -0.15) is 0 Å². The fraction of sp³-hybridized carbons (Fsp3) is 0.188. The van der Waals surface area contributed by atoms with Crippen molar-refractivity contribution in [1.82, 2.24) is 30.0 Å². The van der Waals surface area contributed by atoms with Crippen molar-refractivity contribution in [2.24, 2.45) is 0 Å². The maximum Gasteiger partial charge on any atom is 0.258 e. The first-order valence-corrected chi connectivity index (χ1v) is 25.7. The van der Waals surface area contributed by atoms with Crippen LogP contribution in [0.25, 0.3) is 21.8 Å². The predicted molar refractivity (Wildman–Crippen MR) is 299 cm³/mol. The second kappa shape index (κ2) is 22.7. The standard InChI is InChI=1S/C43H38FN3O5.C21H18FN3O3/c1-46(2)42(48)37-34-22-28(21-27-15-18-32(44)19-16-27)24-45-39(34)41(52-40(29-11-7-5-8-12-29)30-13-9-6-10-14-30)38-35(37)26-47(43(38)49)25-31-17-20-33(50-3)23-36(31)51-4;1-25(2)21(28)16-14-8-12(7-11-3-5-13(22)6-4-11)9-23-18(14)19(26)17-15(16)10-24-20(17)27/h5-20,22-24,40H,21,25-26H2,1-4H3;3-6,8-9,26H,7,10H2,1-2H3,(H,24,27). The van der Waals surface area contributed by atoms with Gasteiger partial charge in [0.15, 0.2) is 11.5 Å². The van der Waals surface area contributed by atoms with Crippen LogP contribution in [0.15, 0.2) is 152 Å². The molecule has 0 radical (unpaired) electrons. The van der Waals surface area contributed by atoms with Gasteiger partial charge in [-0.3, -0.25) is 29.1 Å². The molecule has 0 spiro atoms. The first-order valence-electron chi connectivity index (χ1n) is 25.7. The molecule has 0 aliphatic carbocycles. The van der Waals surface area contributed by atoms with Crippen molar-refractivity contribution < 1.29 is 47.3 Å². The molecule has 0 fully saturated rings. The number of carbonyl (C=O) groups is 4. The van der Waals surface area contributed by atoms with Crippen molar-refractivity contribution in [1.29, 1.82) is 0 Å². The van der Waals surface area contributed by atoms with Crippen molar-refractivity contribution in [2.75, 3.05) is 42.4 Å². The number of aromatic hydroxyl groups is 1. The van der Waals surface area contributed by atoms with Crippen LogP contribution in [0.1, 0.15) is 97.6 Å². The lowest BCUT2D eigenvalue weighted by molar-refractivity contribution is 0.0757. The van der Waals surface area contributed by atoms with E-state index in [1.807, 2.05) is 78.9 Å². The number of fused-ring (bicyclic) bond motifs is 4. The number of phenolic OH excluding ortho intramolecular Hbond substituents is 1. The van der Waals surface area contributed by atoms with Crippen molar-refractivity contribution in [3.8, 4) is 23.0 Å². The van der Waals surface area contributed by atoms with Gasteiger partial charge in [0.1, 0.15) is 40.3 Å². The molecule has 7 aromatic carbocycles. The Morgan fingerprint density at radius 3 is 1.70 bits per heavy atom. The topological polar surface area (TPSA) is 164 Å². The third kappa shape index (κ3) is 10.7. The Balaban J connectivity index is 0.000000216. The number of aromatic nitrogens is 2. The number of hydrogen-bond donors (Lipinski definition) is 2. The predicted octanol–water partition coefficient (Wildman–Crippen LogP) is 10.6. The maximum absolute atomic E-state index is 14.7. The van der Waals surface area contributed by atoms with E-state index < -0.39 is 12.0 Å². The molecule has 404 valence electrons. The lowest BCUT2D eigenvalue weighted by Crippen LogP contribution is -2.24. The normalized spacial score (nSPS) is 12.4. The molecule has 2 aliphatic rings. The molecule has 14 nitrogen and oxygen atoms in total. The Hall–Kier alpha value is -9.70. The number of rotatable bonds is 14. The highest BCUT2D eigenvalue weighted by Crippen LogP contribution is 2.45. The second-order valence-electron chi connectivity index (χ2n) is 20.0. The van der Waals surface area contributed by atoms with E-state index in [4.69, 9.17) is 19.2 Å². The Kier molecular flexibility index (Phi) is 15.2. The van der Waals surface area contributed by atoms with Gasteiger partial charge in [0, 0.05) is 93.7 Å². The van der Waals surface area contributed by atoms with Gasteiger partial charge in [-0.15, -0.1) is 0 Å². The van der Waals surface area contributed by atoms with Gasteiger partial charge in [0.25, 0.3) is 23.6 Å². The number of amides is 4. The number of pyridine rings is 2. The van der Waals surface area contributed by atoms with Gasteiger partial charge >= 0.3 is 0 Å². The average molecular weight is 1080 g/mol. The molecule has 11 rings (SSSR count). The summed E-state index contributed by atoms with van der Waals surface area (Å²) in [5.74, 6) is -0.548. The molecule has 4 amide bonds. The van der Waals surface area contributed by atoms with Crippen LogP contribution in [0.3, 0.4) is 0 Å². The first-order chi connectivity index (χ1) is 38.6. The zero-order chi connectivity index (χ0) is 56.4. The van der Waals surface area contributed by atoms with E-state index in [1.165, 1.54) is 34.1 Å². The number of ether oxygens (including phenoxy) is 3. The van der Waals surface area contributed by atoms with Crippen molar-refractivity contribution in [2.45, 2.75) is 38.6 Å². The van der Waals surface area contributed by atoms with Crippen molar-refractivity contribution in [3.63, 3.8) is 0 Å². The van der Waals surface area contributed by atoms with E-state index in [1.54, 1.807) is 96.1 Å². The van der Waals surface area contributed by atoms with E-state index >= 15 is 0 Å². The van der Waals surface area contributed by atoms with Gasteiger partial charge in [-0.05, 0) is 94.8 Å². The lowest BCUT2D eigenvalue weighted by atomic mass is 9.93. The minimum absolute atomic E-state index is 0.108. The Morgan fingerprint density at radius 2 is 1.18 bits per heavy atom. The minimum Gasteiger partial charge on any atom is -0.505 e. The number of carbonyl (C=O) groups excluding carboxylic acids is 4. The van der Waals surface area contributed by atoms with E-state index in [0.29, 0.717) is 74.2 Å². The summed E-state index contributed by atoms with van der Waals surface area (Å²) in [6, 6.07) is 41.3. The Bertz CT molecular complexity index is 3820. The molecule has 0 unspecified atom stereocenters. The Labute approximate surface area is 460 Å². The molecule has 0 atom stereocenters. The van der Waals surface area contributed by atoms with E-state index in [0.717, 1.165) is 38.9 Å². The summed E-state index contributed by atoms with van der Waals surface area (Å²) in [7, 11) is 9.81. The number of nitrogens with zero attached hydrogens (tertiary/aromatic N) is 5. The molecule has 16 heteroatoms. The van der Waals surface area contributed by atoms with Gasteiger partial charge in [0.05, 0.1) is 36.5 Å². The summed E-state index contributed by atoms with van der Waals surface area (Å²) in [5.41, 5.74) is 8.81. The van der Waals surface area contributed by atoms with Crippen LogP contribution >= 0.6 is 0 Å². The van der Waals surface area contributed by atoms with Crippen LogP contribution in [0.2, 0.25) is 0 Å². The van der Waals surface area contributed by atoms with Crippen LogP contribution in [0.5, 0.6) is 23.0 Å². The zero-order valence-electron chi connectivity index (χ0n) is 44.8. The molecule has 0 saturated heterocycles. The second-order valence-corrected chi connectivity index (χ2v) is 20.0. The summed E-state index contributed by atoms with van der Waals surface area (Å²) in [6.45, 7) is 0.555. The van der Waals surface area contributed by atoms with Crippen molar-refractivity contribution >= 4 is 45.4 Å². The number of phenols is 1. The average Bonchev–Trinajstić information content (AvgIpc) is 4.07. The molecule has 0 bridgehead atoms. The molecule has 0 saturated carbocycles. The van der Waals surface area contributed by atoms with E-state index in [2.05, 4.69) is 10.3 Å². The summed E-state index contributed by atoms with van der Waals surface area (Å²) in [4.78, 5) is 67.9. The number of benzene rings is 7. The fourth-order valence-electron chi connectivity index (χ4n) is 10.3. The van der Waals surface area contributed by atoms with Gasteiger partial charge in [-0.1, -0.05) is 84.9 Å². The number of nitrogens with one attached hydrogen (secondary N) is 1. The van der Waals surface area contributed by atoms with Crippen LogP contribution in [0.4, 0.5) is 8.78 Å². The highest BCUT2D eigenvalue weighted by Gasteiger charge is 2.39. The smallest absolute Gasteiger partial charge is 0.258 e. The monoisotopic (exact) mass is 1070 g/mol. The highest BCUT2D eigenvalue weighted by atomic mass is 19.1. The number of methoxy groups -OCH3 is 2. The van der Waals surface area contributed by atoms with Gasteiger partial charge in [-0.25, -0.2) is 8.78 Å². The lowest BCUT2D eigenvalue weighted by Gasteiger charge is -2.24. The largest absolute Gasteiger partial charge is 0.505 e. The van der Waals surface area contributed by atoms with E-state index in [-0.39, 0.29) is 65.8 Å². The summed E-state index contributed by atoms with van der Waals surface area (Å²) >= 11 is 0. The summed E-state index contributed by atoms with van der Waals surface area (Å²) < 4.78 is 45.0.